The Kier molecular flexibility index (Phi) is 8.73. The van der Waals surface area contributed by atoms with Crippen LogP contribution in [0.25, 0.3) is 0 Å². The van der Waals surface area contributed by atoms with Crippen molar-refractivity contribution in [2.75, 3.05) is 52.5 Å². The number of morpholine rings is 1. The number of nitrogens with zero attached hydrogens (tertiary/aromatic N) is 3. The number of nitriles is 1. The summed E-state index contributed by atoms with van der Waals surface area (Å²) in [7, 11) is 0. The summed E-state index contributed by atoms with van der Waals surface area (Å²) in [6.45, 7) is 11.1. The normalized spacial score (nSPS) is 19.4. The maximum absolute atomic E-state index is 12.2. The van der Waals surface area contributed by atoms with Crippen LogP contribution >= 0.6 is 0 Å². The van der Waals surface area contributed by atoms with Crippen molar-refractivity contribution in [2.45, 2.75) is 45.3 Å². The Morgan fingerprint density at radius 3 is 2.45 bits per heavy atom. The number of rotatable bonds is 6. The average Bonchev–Trinajstić information content (AvgIpc) is 2.68. The second-order valence-corrected chi connectivity index (χ2v) is 8.29. The zero-order valence-corrected chi connectivity index (χ0v) is 17.7. The number of amides is 2. The number of hydrogen-bond acceptors (Lipinski definition) is 7. The summed E-state index contributed by atoms with van der Waals surface area (Å²) in [5.74, 6) is -0.376. The molecule has 9 nitrogen and oxygen atoms in total. The molecule has 0 unspecified atom stereocenters. The molecule has 2 fully saturated rings. The fourth-order valence-electron chi connectivity index (χ4n) is 3.15. The summed E-state index contributed by atoms with van der Waals surface area (Å²) in [5, 5.41) is 15.2. The molecule has 0 aromatic heterocycles. The topological polar surface area (TPSA) is 107 Å². The van der Waals surface area contributed by atoms with Gasteiger partial charge in [-0.05, 0) is 33.6 Å². The summed E-state index contributed by atoms with van der Waals surface area (Å²) in [4.78, 5) is 28.2. The number of hydrogen-bond donors (Lipinski definition) is 2. The Morgan fingerprint density at radius 1 is 1.21 bits per heavy atom. The predicted octanol–water partition coefficient (Wildman–Crippen LogP) is 0.831. The van der Waals surface area contributed by atoms with Crippen molar-refractivity contribution in [1.29, 1.82) is 5.26 Å². The van der Waals surface area contributed by atoms with Crippen LogP contribution < -0.4 is 10.6 Å². The van der Waals surface area contributed by atoms with E-state index in [1.54, 1.807) is 4.90 Å². The van der Waals surface area contributed by atoms with Gasteiger partial charge in [-0.15, -0.1) is 0 Å². The number of carbonyl (C=O) groups excluding carboxylic acids is 2. The summed E-state index contributed by atoms with van der Waals surface area (Å²) < 4.78 is 10.7. The van der Waals surface area contributed by atoms with Crippen LogP contribution in [-0.4, -0.2) is 85.9 Å². The van der Waals surface area contributed by atoms with Crippen LogP contribution in [0.2, 0.25) is 0 Å². The maximum atomic E-state index is 12.2. The second kappa shape index (κ2) is 11.0. The smallest absolute Gasteiger partial charge is 0.410 e. The number of carbonyl (C=O) groups is 2. The Bertz CT molecular complexity index is 624. The van der Waals surface area contributed by atoms with Crippen molar-refractivity contribution in [3.63, 3.8) is 0 Å². The van der Waals surface area contributed by atoms with Crippen LogP contribution in [-0.2, 0) is 14.3 Å². The molecule has 0 bridgehead atoms. The third-order valence-corrected chi connectivity index (χ3v) is 4.79. The first-order valence-corrected chi connectivity index (χ1v) is 10.2. The Hall–Kier alpha value is -2.31. The molecule has 9 heteroatoms. The van der Waals surface area contributed by atoms with Gasteiger partial charge in [0.2, 0.25) is 0 Å². The highest BCUT2D eigenvalue weighted by Gasteiger charge is 2.26. The number of ether oxygens (including phenoxy) is 2. The molecular formula is C20H33N5O4. The molecule has 0 aliphatic carbocycles. The van der Waals surface area contributed by atoms with E-state index in [0.29, 0.717) is 32.8 Å². The van der Waals surface area contributed by atoms with Crippen molar-refractivity contribution in [1.82, 2.24) is 20.4 Å². The largest absolute Gasteiger partial charge is 0.444 e. The fraction of sp³-hybridized carbons (Fsp3) is 0.750. The molecule has 2 amide bonds. The predicted molar refractivity (Wildman–Crippen MR) is 108 cm³/mol. The van der Waals surface area contributed by atoms with Crippen LogP contribution in [0.1, 0.15) is 33.6 Å². The molecule has 2 rings (SSSR count). The molecule has 0 spiro atoms. The van der Waals surface area contributed by atoms with Crippen LogP contribution in [0.15, 0.2) is 11.8 Å². The second-order valence-electron chi connectivity index (χ2n) is 8.29. The van der Waals surface area contributed by atoms with E-state index < -0.39 is 5.60 Å². The molecule has 2 aliphatic rings. The molecule has 0 aromatic carbocycles. The minimum atomic E-state index is -0.508. The van der Waals surface area contributed by atoms with Gasteiger partial charge in [0.05, 0.1) is 13.2 Å². The van der Waals surface area contributed by atoms with Crippen molar-refractivity contribution >= 4 is 12.0 Å². The van der Waals surface area contributed by atoms with E-state index in [9.17, 15) is 14.9 Å². The molecule has 0 aromatic rings. The highest BCUT2D eigenvalue weighted by molar-refractivity contribution is 5.97. The lowest BCUT2D eigenvalue weighted by Gasteiger charge is -2.33. The lowest BCUT2D eigenvalue weighted by molar-refractivity contribution is -0.117. The van der Waals surface area contributed by atoms with E-state index in [4.69, 9.17) is 9.47 Å². The van der Waals surface area contributed by atoms with Crippen molar-refractivity contribution in [3.8, 4) is 6.07 Å². The molecule has 2 N–H and O–H groups in total. The third kappa shape index (κ3) is 8.30. The fourth-order valence-corrected chi connectivity index (χ4v) is 3.15. The highest BCUT2D eigenvalue weighted by atomic mass is 16.6. The van der Waals surface area contributed by atoms with E-state index >= 15 is 0 Å². The third-order valence-electron chi connectivity index (χ3n) is 4.79. The minimum Gasteiger partial charge on any atom is -0.444 e. The van der Waals surface area contributed by atoms with E-state index in [1.165, 1.54) is 6.20 Å². The average molecular weight is 408 g/mol. The minimum absolute atomic E-state index is 0.0570. The molecule has 29 heavy (non-hydrogen) atoms. The van der Waals surface area contributed by atoms with Crippen LogP contribution in [0.4, 0.5) is 4.79 Å². The lowest BCUT2D eigenvalue weighted by atomic mass is 10.1. The molecule has 2 heterocycles. The van der Waals surface area contributed by atoms with Crippen molar-refractivity contribution in [2.24, 2.45) is 0 Å². The highest BCUT2D eigenvalue weighted by Crippen LogP contribution is 2.15. The van der Waals surface area contributed by atoms with Crippen LogP contribution in [0, 0.1) is 11.3 Å². The molecule has 0 atom stereocenters. The molecule has 0 radical (unpaired) electrons. The van der Waals surface area contributed by atoms with Crippen LogP contribution in [0.5, 0.6) is 0 Å². The first-order valence-electron chi connectivity index (χ1n) is 10.2. The van der Waals surface area contributed by atoms with Gasteiger partial charge in [0.1, 0.15) is 17.2 Å². The van der Waals surface area contributed by atoms with Gasteiger partial charge >= 0.3 is 6.09 Å². The number of likely N-dealkylation sites (tertiary alicyclic amines) is 1. The van der Waals surface area contributed by atoms with Gasteiger partial charge in [0.25, 0.3) is 5.91 Å². The Balaban J connectivity index is 1.71. The van der Waals surface area contributed by atoms with Gasteiger partial charge < -0.3 is 25.0 Å². The standard InChI is InChI=1S/C20H33N5O4/c1-20(2,3)29-19(27)25-7-4-17(5-8-25)23-15-16(14-21)18(26)22-6-9-24-10-12-28-13-11-24/h15,17,23H,4-13H2,1-3H3,(H,22,26)/b16-15-. The van der Waals surface area contributed by atoms with Gasteiger partial charge in [-0.25, -0.2) is 4.79 Å². The summed E-state index contributed by atoms with van der Waals surface area (Å²) in [6, 6.07) is 2.06. The first kappa shape index (κ1) is 23.0. The van der Waals surface area contributed by atoms with Gasteiger partial charge in [0, 0.05) is 51.5 Å². The van der Waals surface area contributed by atoms with Gasteiger partial charge in [0.15, 0.2) is 0 Å². The van der Waals surface area contributed by atoms with E-state index in [0.717, 1.165) is 32.5 Å². The zero-order valence-electron chi connectivity index (χ0n) is 17.7. The quantitative estimate of drug-likeness (QED) is 0.496. The Morgan fingerprint density at radius 2 is 1.86 bits per heavy atom. The lowest BCUT2D eigenvalue weighted by Crippen LogP contribution is -2.45. The van der Waals surface area contributed by atoms with Crippen molar-refractivity contribution < 1.29 is 19.1 Å². The molecule has 162 valence electrons. The van der Waals surface area contributed by atoms with Gasteiger partial charge in [-0.1, -0.05) is 0 Å². The van der Waals surface area contributed by atoms with Gasteiger partial charge in [-0.3, -0.25) is 9.69 Å². The SMILES string of the molecule is CC(C)(C)OC(=O)N1CCC(N/C=C(/C#N)C(=O)NCCN2CCOCC2)CC1. The molecular weight excluding hydrogens is 374 g/mol. The van der Waals surface area contributed by atoms with Gasteiger partial charge in [-0.2, -0.15) is 5.26 Å². The summed E-state index contributed by atoms with van der Waals surface area (Å²) >= 11 is 0. The molecule has 2 aliphatic heterocycles. The van der Waals surface area contributed by atoms with Crippen LogP contribution in [0.3, 0.4) is 0 Å². The van der Waals surface area contributed by atoms with E-state index in [1.807, 2.05) is 26.8 Å². The summed E-state index contributed by atoms with van der Waals surface area (Å²) in [5.41, 5.74) is -0.451. The monoisotopic (exact) mass is 407 g/mol. The number of nitrogens with one attached hydrogen (secondary N) is 2. The Labute approximate surface area is 173 Å². The van der Waals surface area contributed by atoms with E-state index in [-0.39, 0.29) is 23.6 Å². The number of piperidine rings is 1. The maximum Gasteiger partial charge on any atom is 0.410 e. The molecule has 2 saturated heterocycles. The first-order chi connectivity index (χ1) is 13.8. The summed E-state index contributed by atoms with van der Waals surface area (Å²) in [6.07, 6.45) is 2.64. The van der Waals surface area contributed by atoms with E-state index in [2.05, 4.69) is 15.5 Å². The zero-order chi connectivity index (χ0) is 21.3. The molecule has 0 saturated carbocycles. The van der Waals surface area contributed by atoms with Crippen molar-refractivity contribution in [3.05, 3.63) is 11.8 Å².